The molecule has 0 bridgehead atoms. The van der Waals surface area contributed by atoms with Gasteiger partial charge in [0.15, 0.2) is 0 Å². The highest BCUT2D eigenvalue weighted by Crippen LogP contribution is 2.29. The quantitative estimate of drug-likeness (QED) is 0.493. The number of fused-ring (bicyclic) bond motifs is 1. The Bertz CT molecular complexity index is 293. The summed E-state index contributed by atoms with van der Waals surface area (Å²) in [6.45, 7) is 0.531. The Morgan fingerprint density at radius 1 is 1.45 bits per heavy atom. The fraction of sp³-hybridized carbons (Fsp3) is 0.143. The van der Waals surface area contributed by atoms with Gasteiger partial charge in [-0.1, -0.05) is 17.8 Å². The third-order valence-corrected chi connectivity index (χ3v) is 2.46. The highest BCUT2D eigenvalue weighted by molar-refractivity contribution is 8.05. The molecular formula is C7H5NO2S. The molecule has 0 spiro atoms. The van der Waals surface area contributed by atoms with Gasteiger partial charge in [-0.3, -0.25) is 14.5 Å². The van der Waals surface area contributed by atoms with Crippen LogP contribution >= 0.6 is 11.8 Å². The van der Waals surface area contributed by atoms with Crippen molar-refractivity contribution in [2.24, 2.45) is 0 Å². The number of ketones is 1. The molecule has 0 radical (unpaired) electrons. The first-order valence-corrected chi connectivity index (χ1v) is 4.06. The number of carbonyl (C=O) groups is 2. The molecule has 2 aliphatic rings. The molecule has 0 N–H and O–H groups in total. The summed E-state index contributed by atoms with van der Waals surface area (Å²) in [5, 5.41) is 2.64. The standard InChI is InChI=1S/C7H5NO2S/c9-5-4-6-8(7(5)10)2-1-3-11-6/h1,3-4H,2H2. The van der Waals surface area contributed by atoms with Crippen molar-refractivity contribution >= 4 is 23.5 Å². The van der Waals surface area contributed by atoms with Gasteiger partial charge in [-0.25, -0.2) is 0 Å². The maximum atomic E-state index is 11.0. The smallest absolute Gasteiger partial charge is 0.296 e. The summed E-state index contributed by atoms with van der Waals surface area (Å²) in [7, 11) is 0. The topological polar surface area (TPSA) is 37.4 Å². The zero-order chi connectivity index (χ0) is 7.84. The molecule has 0 unspecified atom stereocenters. The molecule has 56 valence electrons. The van der Waals surface area contributed by atoms with Crippen LogP contribution in [0.5, 0.6) is 0 Å². The number of hydrogen-bond acceptors (Lipinski definition) is 3. The largest absolute Gasteiger partial charge is 0.299 e. The summed E-state index contributed by atoms with van der Waals surface area (Å²) in [5.74, 6) is -0.812. The van der Waals surface area contributed by atoms with E-state index < -0.39 is 11.7 Å². The van der Waals surface area contributed by atoms with Gasteiger partial charge in [-0.15, -0.1) is 0 Å². The van der Waals surface area contributed by atoms with Gasteiger partial charge in [0.2, 0.25) is 5.78 Å². The molecule has 0 aromatic heterocycles. The SMILES string of the molecule is O=C1C=C2SC=CCN2C1=O. The van der Waals surface area contributed by atoms with Crippen LogP contribution in [0.4, 0.5) is 0 Å². The van der Waals surface area contributed by atoms with Crippen LogP contribution in [0.2, 0.25) is 0 Å². The third kappa shape index (κ3) is 0.903. The van der Waals surface area contributed by atoms with E-state index in [4.69, 9.17) is 0 Å². The van der Waals surface area contributed by atoms with Gasteiger partial charge < -0.3 is 0 Å². The number of carbonyl (C=O) groups excluding carboxylic acids is 2. The van der Waals surface area contributed by atoms with Crippen LogP contribution in [-0.4, -0.2) is 23.1 Å². The van der Waals surface area contributed by atoms with E-state index >= 15 is 0 Å². The number of hydrogen-bond donors (Lipinski definition) is 0. The molecule has 2 aliphatic heterocycles. The van der Waals surface area contributed by atoms with Crippen molar-refractivity contribution in [2.75, 3.05) is 6.54 Å². The molecule has 2 rings (SSSR count). The lowest BCUT2D eigenvalue weighted by Gasteiger charge is -2.18. The lowest BCUT2D eigenvalue weighted by Crippen LogP contribution is -2.29. The Morgan fingerprint density at radius 2 is 2.27 bits per heavy atom. The maximum absolute atomic E-state index is 11.0. The molecule has 0 saturated carbocycles. The van der Waals surface area contributed by atoms with Crippen molar-refractivity contribution < 1.29 is 9.59 Å². The van der Waals surface area contributed by atoms with Gasteiger partial charge in [0.1, 0.15) is 0 Å². The van der Waals surface area contributed by atoms with Crippen LogP contribution < -0.4 is 0 Å². The van der Waals surface area contributed by atoms with Crippen molar-refractivity contribution in [1.29, 1.82) is 0 Å². The third-order valence-electron chi connectivity index (χ3n) is 1.55. The molecule has 4 heteroatoms. The second-order valence-corrected chi connectivity index (χ2v) is 3.18. The summed E-state index contributed by atoms with van der Waals surface area (Å²) in [5.41, 5.74) is 0. The minimum Gasteiger partial charge on any atom is -0.296 e. The predicted octanol–water partition coefficient (Wildman–Crippen LogP) is 0.500. The van der Waals surface area contributed by atoms with E-state index in [-0.39, 0.29) is 0 Å². The van der Waals surface area contributed by atoms with E-state index in [1.807, 2.05) is 11.5 Å². The van der Waals surface area contributed by atoms with Gasteiger partial charge >= 0.3 is 0 Å². The van der Waals surface area contributed by atoms with E-state index in [1.54, 1.807) is 0 Å². The molecule has 0 fully saturated rings. The van der Waals surface area contributed by atoms with Crippen LogP contribution in [0.25, 0.3) is 0 Å². The van der Waals surface area contributed by atoms with Gasteiger partial charge in [-0.05, 0) is 5.41 Å². The van der Waals surface area contributed by atoms with E-state index in [2.05, 4.69) is 0 Å². The first-order valence-electron chi connectivity index (χ1n) is 3.18. The number of nitrogens with zero attached hydrogens (tertiary/aromatic N) is 1. The second-order valence-electron chi connectivity index (χ2n) is 2.25. The monoisotopic (exact) mass is 167 g/mol. The van der Waals surface area contributed by atoms with Crippen molar-refractivity contribution in [3.63, 3.8) is 0 Å². The van der Waals surface area contributed by atoms with Crippen LogP contribution in [0.3, 0.4) is 0 Å². The lowest BCUT2D eigenvalue weighted by atomic mass is 10.4. The molecule has 2 heterocycles. The first kappa shape index (κ1) is 6.67. The molecule has 0 saturated heterocycles. The Morgan fingerprint density at radius 3 is 3.00 bits per heavy atom. The minimum atomic E-state index is -0.406. The molecule has 3 nitrogen and oxygen atoms in total. The van der Waals surface area contributed by atoms with Gasteiger partial charge in [0.25, 0.3) is 5.91 Å². The van der Waals surface area contributed by atoms with E-state index in [0.717, 1.165) is 5.03 Å². The predicted molar refractivity (Wildman–Crippen MR) is 41.5 cm³/mol. The molecule has 0 aromatic rings. The Kier molecular flexibility index (Phi) is 1.35. The van der Waals surface area contributed by atoms with Crippen molar-refractivity contribution in [1.82, 2.24) is 4.90 Å². The highest BCUT2D eigenvalue weighted by atomic mass is 32.2. The van der Waals surface area contributed by atoms with Crippen molar-refractivity contribution in [2.45, 2.75) is 0 Å². The van der Waals surface area contributed by atoms with Crippen LogP contribution in [-0.2, 0) is 9.59 Å². The highest BCUT2D eigenvalue weighted by Gasteiger charge is 2.31. The van der Waals surface area contributed by atoms with E-state index in [9.17, 15) is 9.59 Å². The van der Waals surface area contributed by atoms with Crippen LogP contribution in [0.15, 0.2) is 22.6 Å². The number of amides is 1. The van der Waals surface area contributed by atoms with Gasteiger partial charge in [-0.2, -0.15) is 0 Å². The summed E-state index contributed by atoms with van der Waals surface area (Å²) >= 11 is 1.41. The summed E-state index contributed by atoms with van der Waals surface area (Å²) < 4.78 is 0. The van der Waals surface area contributed by atoms with E-state index in [1.165, 1.54) is 22.7 Å². The average molecular weight is 167 g/mol. The fourth-order valence-corrected chi connectivity index (χ4v) is 1.80. The second kappa shape index (κ2) is 2.23. The van der Waals surface area contributed by atoms with Gasteiger partial charge in [0, 0.05) is 12.6 Å². The maximum Gasteiger partial charge on any atom is 0.299 e. The fourth-order valence-electron chi connectivity index (χ4n) is 1.02. The zero-order valence-corrected chi connectivity index (χ0v) is 6.43. The van der Waals surface area contributed by atoms with Crippen molar-refractivity contribution in [3.8, 4) is 0 Å². The first-order chi connectivity index (χ1) is 5.29. The summed E-state index contributed by atoms with van der Waals surface area (Å²) in [6.07, 6.45) is 3.25. The Labute approximate surface area is 67.7 Å². The molecule has 1 amide bonds. The van der Waals surface area contributed by atoms with Crippen molar-refractivity contribution in [3.05, 3.63) is 22.6 Å². The summed E-state index contributed by atoms with van der Waals surface area (Å²) in [4.78, 5) is 23.3. The molecule has 11 heavy (non-hydrogen) atoms. The van der Waals surface area contributed by atoms with Gasteiger partial charge in [0.05, 0.1) is 5.03 Å². The molecule has 0 aromatic carbocycles. The van der Waals surface area contributed by atoms with Crippen LogP contribution in [0, 0.1) is 0 Å². The number of thioether (sulfide) groups is 1. The average Bonchev–Trinajstić information content (AvgIpc) is 2.30. The molecule has 0 atom stereocenters. The van der Waals surface area contributed by atoms with E-state index in [0.29, 0.717) is 6.54 Å². The lowest BCUT2D eigenvalue weighted by molar-refractivity contribution is -0.138. The number of rotatable bonds is 0. The Hall–Kier alpha value is -1.03. The zero-order valence-electron chi connectivity index (χ0n) is 5.61. The van der Waals surface area contributed by atoms with Crippen LogP contribution in [0.1, 0.15) is 0 Å². The molecule has 0 aliphatic carbocycles. The molecular weight excluding hydrogens is 162 g/mol. The summed E-state index contributed by atoms with van der Waals surface area (Å²) in [6, 6.07) is 0. The Balaban J connectivity index is 2.37. The minimum absolute atomic E-state index is 0.406. The normalized spacial score (nSPS) is 22.2.